The summed E-state index contributed by atoms with van der Waals surface area (Å²) in [5.74, 6) is 3.08. The van der Waals surface area contributed by atoms with Crippen LogP contribution in [0.25, 0.3) is 0 Å². The quantitative estimate of drug-likeness (QED) is 0.855. The molecule has 1 saturated heterocycles. The molecule has 1 aromatic carbocycles. The van der Waals surface area contributed by atoms with Crippen LogP contribution in [0.4, 0.5) is 0 Å². The van der Waals surface area contributed by atoms with Crippen molar-refractivity contribution >= 4 is 16.9 Å². The number of fused-ring (bicyclic) bond motifs is 2. The molecule has 19 heavy (non-hydrogen) atoms. The van der Waals surface area contributed by atoms with Crippen molar-refractivity contribution in [3.8, 4) is 5.75 Å². The maximum absolute atomic E-state index is 5.70. The van der Waals surface area contributed by atoms with Crippen LogP contribution >= 0.6 is 11.8 Å². The van der Waals surface area contributed by atoms with Crippen LogP contribution in [0.1, 0.15) is 30.9 Å². The highest BCUT2D eigenvalue weighted by Crippen LogP contribution is 2.37. The van der Waals surface area contributed by atoms with Gasteiger partial charge in [-0.2, -0.15) is 0 Å². The van der Waals surface area contributed by atoms with E-state index in [-0.39, 0.29) is 6.04 Å². The Balaban J connectivity index is 1.54. The van der Waals surface area contributed by atoms with Crippen LogP contribution in [0.3, 0.4) is 0 Å². The van der Waals surface area contributed by atoms with E-state index >= 15 is 0 Å². The molecule has 2 heterocycles. The molecule has 0 amide bonds. The van der Waals surface area contributed by atoms with E-state index in [9.17, 15) is 0 Å². The molecule has 3 nitrogen and oxygen atoms in total. The first-order valence-corrected chi connectivity index (χ1v) is 8.07. The third-order valence-corrected chi connectivity index (χ3v) is 5.44. The van der Waals surface area contributed by atoms with Gasteiger partial charge in [0.25, 0.3) is 0 Å². The maximum Gasteiger partial charge on any atom is 0.157 e. The van der Waals surface area contributed by atoms with Gasteiger partial charge in [-0.05, 0) is 24.8 Å². The molecule has 0 radical (unpaired) electrons. The van der Waals surface area contributed by atoms with E-state index in [0.29, 0.717) is 12.6 Å². The van der Waals surface area contributed by atoms with Crippen molar-refractivity contribution in [2.75, 3.05) is 12.4 Å². The Morgan fingerprint density at radius 2 is 2.21 bits per heavy atom. The Hall–Kier alpha value is -1.16. The second-order valence-electron chi connectivity index (χ2n) is 5.55. The number of ether oxygens (including phenoxy) is 1. The van der Waals surface area contributed by atoms with Gasteiger partial charge in [0.2, 0.25) is 0 Å². The fourth-order valence-electron chi connectivity index (χ4n) is 3.28. The summed E-state index contributed by atoms with van der Waals surface area (Å²) in [4.78, 5) is 4.88. The maximum atomic E-state index is 5.70. The van der Waals surface area contributed by atoms with E-state index in [0.717, 1.165) is 16.8 Å². The Kier molecular flexibility index (Phi) is 2.91. The number of benzene rings is 1. The lowest BCUT2D eigenvalue weighted by Crippen LogP contribution is -2.41. The van der Waals surface area contributed by atoms with Crippen LogP contribution in [0.15, 0.2) is 29.3 Å². The van der Waals surface area contributed by atoms with Crippen molar-refractivity contribution < 1.29 is 4.74 Å². The smallest absolute Gasteiger partial charge is 0.157 e. The van der Waals surface area contributed by atoms with Crippen molar-refractivity contribution in [3.05, 3.63) is 29.8 Å². The Labute approximate surface area is 117 Å². The van der Waals surface area contributed by atoms with E-state index in [4.69, 9.17) is 9.73 Å². The molecule has 0 aromatic heterocycles. The summed E-state index contributed by atoms with van der Waals surface area (Å²) in [7, 11) is 0. The number of thioether (sulfide) groups is 1. The second kappa shape index (κ2) is 4.75. The molecule has 3 atom stereocenters. The molecule has 1 aliphatic carbocycles. The highest BCUT2D eigenvalue weighted by Gasteiger charge is 2.33. The van der Waals surface area contributed by atoms with E-state index < -0.39 is 0 Å². The predicted octanol–water partition coefficient (Wildman–Crippen LogP) is 2.98. The standard InChI is InChI=1S/C15H18N2OS/c1-2-7-14-11(5-1)13(8-18-14)17-15-16-12-6-3-4-10(12)9-19-15/h1-2,5,7,10,12-13H,3-4,6,8-9H2,(H,16,17). The van der Waals surface area contributed by atoms with Gasteiger partial charge in [0.05, 0.1) is 0 Å². The second-order valence-corrected chi connectivity index (χ2v) is 6.56. The van der Waals surface area contributed by atoms with E-state index in [2.05, 4.69) is 17.4 Å². The Morgan fingerprint density at radius 1 is 1.26 bits per heavy atom. The SMILES string of the molecule is c1ccc2c(c1)OCC2N=C1NC2CCCC2CS1. The number of rotatable bonds is 1. The van der Waals surface area contributed by atoms with Crippen LogP contribution in [-0.4, -0.2) is 23.6 Å². The Morgan fingerprint density at radius 3 is 3.21 bits per heavy atom. The zero-order chi connectivity index (χ0) is 12.7. The van der Waals surface area contributed by atoms with Gasteiger partial charge in [0, 0.05) is 17.4 Å². The molecular formula is C15H18N2OS. The average Bonchev–Trinajstić information content (AvgIpc) is 3.06. The monoisotopic (exact) mass is 274 g/mol. The molecule has 100 valence electrons. The molecule has 1 N–H and O–H groups in total. The minimum absolute atomic E-state index is 0.171. The number of nitrogens with one attached hydrogen (secondary N) is 1. The molecular weight excluding hydrogens is 256 g/mol. The third kappa shape index (κ3) is 2.12. The minimum atomic E-state index is 0.171. The molecule has 2 fully saturated rings. The van der Waals surface area contributed by atoms with Crippen molar-refractivity contribution in [2.24, 2.45) is 10.9 Å². The first kappa shape index (κ1) is 11.6. The van der Waals surface area contributed by atoms with Crippen molar-refractivity contribution in [2.45, 2.75) is 31.3 Å². The summed E-state index contributed by atoms with van der Waals surface area (Å²) >= 11 is 1.88. The van der Waals surface area contributed by atoms with Crippen LogP contribution in [0.5, 0.6) is 5.75 Å². The average molecular weight is 274 g/mol. The lowest BCUT2D eigenvalue weighted by molar-refractivity contribution is 0.333. The van der Waals surface area contributed by atoms with Crippen LogP contribution in [-0.2, 0) is 0 Å². The molecule has 0 bridgehead atoms. The zero-order valence-corrected chi connectivity index (χ0v) is 11.7. The summed E-state index contributed by atoms with van der Waals surface area (Å²) in [6.07, 6.45) is 4.06. The number of para-hydroxylation sites is 1. The number of hydrogen-bond donors (Lipinski definition) is 1. The third-order valence-electron chi connectivity index (χ3n) is 4.35. The van der Waals surface area contributed by atoms with Crippen molar-refractivity contribution in [1.82, 2.24) is 5.32 Å². The fourth-order valence-corrected chi connectivity index (χ4v) is 4.49. The first-order chi connectivity index (χ1) is 9.40. The lowest BCUT2D eigenvalue weighted by Gasteiger charge is -2.28. The highest BCUT2D eigenvalue weighted by molar-refractivity contribution is 8.13. The molecule has 4 heteroatoms. The van der Waals surface area contributed by atoms with Crippen LogP contribution < -0.4 is 10.1 Å². The van der Waals surface area contributed by atoms with Gasteiger partial charge in [-0.15, -0.1) is 0 Å². The predicted molar refractivity (Wildman–Crippen MR) is 78.8 cm³/mol. The number of nitrogens with zero attached hydrogens (tertiary/aromatic N) is 1. The highest BCUT2D eigenvalue weighted by atomic mass is 32.2. The van der Waals surface area contributed by atoms with Gasteiger partial charge >= 0.3 is 0 Å². The van der Waals surface area contributed by atoms with E-state index in [1.807, 2.05) is 23.9 Å². The van der Waals surface area contributed by atoms with Gasteiger partial charge in [0.15, 0.2) is 5.17 Å². The lowest BCUT2D eigenvalue weighted by atomic mass is 10.1. The largest absolute Gasteiger partial charge is 0.491 e. The summed E-state index contributed by atoms with van der Waals surface area (Å²) in [6, 6.07) is 9.08. The molecule has 3 aliphatic rings. The van der Waals surface area contributed by atoms with Crippen molar-refractivity contribution in [3.63, 3.8) is 0 Å². The summed E-state index contributed by atoms with van der Waals surface area (Å²) in [5, 5.41) is 4.75. The fraction of sp³-hybridized carbons (Fsp3) is 0.533. The molecule has 3 unspecified atom stereocenters. The van der Waals surface area contributed by atoms with Gasteiger partial charge in [-0.3, -0.25) is 4.99 Å². The van der Waals surface area contributed by atoms with Crippen molar-refractivity contribution in [1.29, 1.82) is 0 Å². The zero-order valence-electron chi connectivity index (χ0n) is 10.8. The number of aliphatic imine (C=N–C) groups is 1. The minimum Gasteiger partial charge on any atom is -0.491 e. The summed E-state index contributed by atoms with van der Waals surface area (Å²) in [6.45, 7) is 0.680. The van der Waals surface area contributed by atoms with Crippen LogP contribution in [0, 0.1) is 5.92 Å². The summed E-state index contributed by atoms with van der Waals surface area (Å²) < 4.78 is 5.70. The first-order valence-electron chi connectivity index (χ1n) is 7.09. The van der Waals surface area contributed by atoms with Gasteiger partial charge in [0.1, 0.15) is 18.4 Å². The Bertz CT molecular complexity index is 517. The van der Waals surface area contributed by atoms with Gasteiger partial charge < -0.3 is 10.1 Å². The van der Waals surface area contributed by atoms with Crippen LogP contribution in [0.2, 0.25) is 0 Å². The molecule has 1 aromatic rings. The number of hydrogen-bond acceptors (Lipinski definition) is 3. The molecule has 4 rings (SSSR count). The molecule has 1 saturated carbocycles. The topological polar surface area (TPSA) is 33.6 Å². The van der Waals surface area contributed by atoms with Gasteiger partial charge in [-0.25, -0.2) is 0 Å². The summed E-state index contributed by atoms with van der Waals surface area (Å²) in [5.41, 5.74) is 1.23. The molecule has 2 aliphatic heterocycles. The van der Waals surface area contributed by atoms with E-state index in [1.165, 1.54) is 30.6 Å². The van der Waals surface area contributed by atoms with E-state index in [1.54, 1.807) is 0 Å². The van der Waals surface area contributed by atoms with Gasteiger partial charge in [-0.1, -0.05) is 36.4 Å². The number of amidine groups is 1. The normalized spacial score (nSPS) is 34.5. The molecule has 0 spiro atoms.